The van der Waals surface area contributed by atoms with E-state index >= 15 is 0 Å². The van der Waals surface area contributed by atoms with Crippen molar-refractivity contribution in [3.63, 3.8) is 0 Å². The summed E-state index contributed by atoms with van der Waals surface area (Å²) >= 11 is 0. The van der Waals surface area contributed by atoms with Gasteiger partial charge < -0.3 is 55.5 Å². The summed E-state index contributed by atoms with van der Waals surface area (Å²) in [6.07, 6.45) is 8.92. The van der Waals surface area contributed by atoms with Gasteiger partial charge in [-0.25, -0.2) is 4.68 Å². The maximum Gasteiger partial charge on any atom is 0.247 e. The predicted octanol–water partition coefficient (Wildman–Crippen LogP) is -1.59. The van der Waals surface area contributed by atoms with Crippen LogP contribution in [0.4, 0.5) is 17.8 Å². The van der Waals surface area contributed by atoms with Gasteiger partial charge in [0.1, 0.15) is 18.3 Å². The number of nitrogens with two attached hydrogens (primary N) is 2. The second-order valence-electron chi connectivity index (χ2n) is 11.3. The fraction of sp³-hybridized carbons (Fsp3) is 0.733. The second-order valence-corrected chi connectivity index (χ2v) is 11.3. The zero-order valence-corrected chi connectivity index (χ0v) is 27.6. The molecule has 0 aromatic carbocycles. The van der Waals surface area contributed by atoms with E-state index in [4.69, 9.17) is 46.8 Å². The summed E-state index contributed by atoms with van der Waals surface area (Å²) in [4.78, 5) is 34.0. The predicted molar refractivity (Wildman–Crippen MR) is 177 cm³/mol. The largest absolute Gasteiger partial charge is 0.394 e. The number of rotatable bonds is 21. The SMILES string of the molecule is C#CCOCCOCCOCCNc1nc(N2CCOCC2)nc(N2CCN(C(=O)C(CCCCN)n3cc(C(N)CO)nn3)CC2)n1. The summed E-state index contributed by atoms with van der Waals surface area (Å²) in [5, 5.41) is 21.0. The number of aromatic nitrogens is 6. The number of carbonyl (C=O) groups excluding carboxylic acids is 1. The molecule has 2 fully saturated rings. The Morgan fingerprint density at radius 2 is 1.65 bits per heavy atom. The number of nitrogens with zero attached hydrogens (tertiary/aromatic N) is 9. The first kappa shape index (κ1) is 37.1. The lowest BCUT2D eigenvalue weighted by Gasteiger charge is -2.36. The highest BCUT2D eigenvalue weighted by Crippen LogP contribution is 2.23. The van der Waals surface area contributed by atoms with Crippen LogP contribution in [0.2, 0.25) is 0 Å². The van der Waals surface area contributed by atoms with E-state index in [0.717, 1.165) is 12.8 Å². The van der Waals surface area contributed by atoms with Gasteiger partial charge in [-0.1, -0.05) is 11.1 Å². The van der Waals surface area contributed by atoms with Gasteiger partial charge in [0.2, 0.25) is 23.8 Å². The minimum Gasteiger partial charge on any atom is -0.394 e. The van der Waals surface area contributed by atoms with E-state index in [0.29, 0.717) is 129 Å². The molecule has 0 spiro atoms. The summed E-state index contributed by atoms with van der Waals surface area (Å²) in [6.45, 7) is 7.93. The summed E-state index contributed by atoms with van der Waals surface area (Å²) in [5.74, 6) is 3.94. The van der Waals surface area contributed by atoms with Crippen molar-refractivity contribution in [2.45, 2.75) is 31.3 Å². The van der Waals surface area contributed by atoms with Crippen LogP contribution < -0.4 is 26.6 Å². The van der Waals surface area contributed by atoms with Crippen LogP contribution in [0.15, 0.2) is 6.20 Å². The van der Waals surface area contributed by atoms with Crippen molar-refractivity contribution in [2.75, 3.05) is 127 Å². The van der Waals surface area contributed by atoms with Gasteiger partial charge in [-0.3, -0.25) is 4.79 Å². The molecule has 6 N–H and O–H groups in total. The lowest BCUT2D eigenvalue weighted by molar-refractivity contribution is -0.135. The van der Waals surface area contributed by atoms with Crippen LogP contribution in [-0.2, 0) is 23.7 Å². The van der Waals surface area contributed by atoms with Gasteiger partial charge in [0.15, 0.2) is 0 Å². The number of aliphatic hydroxyl groups excluding tert-OH is 1. The van der Waals surface area contributed by atoms with Crippen molar-refractivity contribution in [3.05, 3.63) is 11.9 Å². The number of ether oxygens (including phenoxy) is 4. The first-order valence-corrected chi connectivity index (χ1v) is 16.5. The summed E-state index contributed by atoms with van der Waals surface area (Å²) in [7, 11) is 0. The number of hydrogen-bond donors (Lipinski definition) is 4. The van der Waals surface area contributed by atoms with Crippen LogP contribution in [0, 0.1) is 12.3 Å². The molecule has 1 amide bonds. The molecule has 48 heavy (non-hydrogen) atoms. The summed E-state index contributed by atoms with van der Waals surface area (Å²) < 4.78 is 23.4. The Hall–Kier alpha value is -3.70. The standard InChI is InChI=1S/C30H50N12O6/c1-2-14-45-18-20-48-21-19-46-15-7-33-28-34-29(36-30(35-28)41-12-16-47-17-13-41)40-10-8-39(9-11-40)27(44)26(5-3-4-6-31)42-22-25(37-38-42)24(32)23-43/h1,22,24,26,43H,3-21,23,31-32H2,(H,33,34,35,36). The Morgan fingerprint density at radius 3 is 2.31 bits per heavy atom. The molecule has 18 nitrogen and oxygen atoms in total. The van der Waals surface area contributed by atoms with Gasteiger partial charge in [-0.05, 0) is 25.8 Å². The number of morpholine rings is 1. The van der Waals surface area contributed by atoms with Gasteiger partial charge in [0.05, 0.1) is 65.1 Å². The van der Waals surface area contributed by atoms with E-state index in [-0.39, 0.29) is 19.1 Å². The number of piperazine rings is 1. The molecule has 2 unspecified atom stereocenters. The van der Waals surface area contributed by atoms with Crippen molar-refractivity contribution < 1.29 is 28.8 Å². The van der Waals surface area contributed by atoms with Crippen LogP contribution >= 0.6 is 0 Å². The van der Waals surface area contributed by atoms with Crippen molar-refractivity contribution in [2.24, 2.45) is 11.5 Å². The van der Waals surface area contributed by atoms with Crippen molar-refractivity contribution in [3.8, 4) is 12.3 Å². The van der Waals surface area contributed by atoms with E-state index in [1.165, 1.54) is 0 Å². The molecule has 0 aliphatic carbocycles. The number of unbranched alkanes of at least 4 members (excludes halogenated alkanes) is 1. The highest BCUT2D eigenvalue weighted by atomic mass is 16.5. The fourth-order valence-corrected chi connectivity index (χ4v) is 5.18. The zero-order chi connectivity index (χ0) is 34.0. The van der Waals surface area contributed by atoms with Gasteiger partial charge in [-0.15, -0.1) is 11.5 Å². The minimum absolute atomic E-state index is 0.0460. The number of amides is 1. The highest BCUT2D eigenvalue weighted by Gasteiger charge is 2.31. The summed E-state index contributed by atoms with van der Waals surface area (Å²) in [6, 6.07) is -1.20. The van der Waals surface area contributed by atoms with Crippen molar-refractivity contribution >= 4 is 23.8 Å². The molecule has 2 aromatic heterocycles. The number of hydrogen-bond acceptors (Lipinski definition) is 16. The average molecular weight is 675 g/mol. The maximum absolute atomic E-state index is 13.8. The number of anilines is 3. The number of aliphatic hydroxyl groups is 1. The molecule has 2 aromatic rings. The molecule has 0 saturated carbocycles. The van der Waals surface area contributed by atoms with E-state index in [1.807, 2.05) is 4.90 Å². The second kappa shape index (κ2) is 20.6. The molecule has 18 heteroatoms. The van der Waals surface area contributed by atoms with E-state index < -0.39 is 12.1 Å². The van der Waals surface area contributed by atoms with E-state index in [1.54, 1.807) is 10.9 Å². The normalized spacial score (nSPS) is 16.5. The third-order valence-electron chi connectivity index (χ3n) is 7.88. The van der Waals surface area contributed by atoms with Crippen LogP contribution in [0.1, 0.15) is 37.0 Å². The Balaban J connectivity index is 1.34. The Labute approximate surface area is 281 Å². The number of carbonyl (C=O) groups is 1. The lowest BCUT2D eigenvalue weighted by Crippen LogP contribution is -2.51. The Bertz CT molecular complexity index is 1270. The van der Waals surface area contributed by atoms with Crippen LogP contribution in [0.5, 0.6) is 0 Å². The van der Waals surface area contributed by atoms with Crippen LogP contribution in [0.25, 0.3) is 0 Å². The first-order valence-electron chi connectivity index (χ1n) is 16.5. The first-order chi connectivity index (χ1) is 23.5. The molecular weight excluding hydrogens is 624 g/mol. The minimum atomic E-state index is -0.660. The Morgan fingerprint density at radius 1 is 0.979 bits per heavy atom. The van der Waals surface area contributed by atoms with Crippen molar-refractivity contribution in [1.29, 1.82) is 0 Å². The highest BCUT2D eigenvalue weighted by molar-refractivity contribution is 5.80. The molecule has 2 aliphatic heterocycles. The van der Waals surface area contributed by atoms with Gasteiger partial charge in [0.25, 0.3) is 0 Å². The Kier molecular flexibility index (Phi) is 15.9. The fourth-order valence-electron chi connectivity index (χ4n) is 5.18. The zero-order valence-electron chi connectivity index (χ0n) is 27.6. The topological polar surface area (TPSA) is 217 Å². The third kappa shape index (κ3) is 11.5. The summed E-state index contributed by atoms with van der Waals surface area (Å²) in [5.41, 5.74) is 12.1. The smallest absolute Gasteiger partial charge is 0.247 e. The van der Waals surface area contributed by atoms with Gasteiger partial charge >= 0.3 is 0 Å². The van der Waals surface area contributed by atoms with Crippen molar-refractivity contribution in [1.82, 2.24) is 34.8 Å². The van der Waals surface area contributed by atoms with Gasteiger partial charge in [0, 0.05) is 45.8 Å². The van der Waals surface area contributed by atoms with Crippen LogP contribution in [-0.4, -0.2) is 158 Å². The van der Waals surface area contributed by atoms with Gasteiger partial charge in [-0.2, -0.15) is 15.0 Å². The molecule has 266 valence electrons. The molecule has 0 bridgehead atoms. The maximum atomic E-state index is 13.8. The monoisotopic (exact) mass is 674 g/mol. The average Bonchev–Trinajstić information content (AvgIpc) is 3.62. The van der Waals surface area contributed by atoms with E-state index in [2.05, 4.69) is 36.3 Å². The molecular formula is C30H50N12O6. The molecule has 2 saturated heterocycles. The molecule has 0 radical (unpaired) electrons. The van der Waals surface area contributed by atoms with Crippen LogP contribution in [0.3, 0.4) is 0 Å². The quantitative estimate of drug-likeness (QED) is 0.0866. The molecule has 4 rings (SSSR count). The molecule has 2 atom stereocenters. The number of nitrogens with one attached hydrogen (secondary N) is 1. The molecule has 4 heterocycles. The lowest BCUT2D eigenvalue weighted by atomic mass is 10.1. The number of terminal acetylenes is 1. The van der Waals surface area contributed by atoms with E-state index in [9.17, 15) is 9.90 Å². The molecule has 2 aliphatic rings. The third-order valence-corrected chi connectivity index (χ3v) is 7.88.